The lowest BCUT2D eigenvalue weighted by atomic mass is 10.0. The summed E-state index contributed by atoms with van der Waals surface area (Å²) in [5.41, 5.74) is 2.79. The molecule has 0 saturated heterocycles. The van der Waals surface area contributed by atoms with Gasteiger partial charge in [0.1, 0.15) is 39.4 Å². The van der Waals surface area contributed by atoms with Gasteiger partial charge in [0.25, 0.3) is 0 Å². The van der Waals surface area contributed by atoms with E-state index in [9.17, 15) is 17.2 Å². The second-order valence-corrected chi connectivity index (χ2v) is 10.9. The van der Waals surface area contributed by atoms with Crippen LogP contribution in [0.4, 0.5) is 8.78 Å². The smallest absolute Gasteiger partial charge is 0.187 e. The van der Waals surface area contributed by atoms with Gasteiger partial charge >= 0.3 is 0 Å². The number of hydrogen-bond donors (Lipinski definition) is 1. The lowest BCUT2D eigenvalue weighted by molar-refractivity contribution is 0.433. The number of halogens is 3. The normalized spacial score (nSPS) is 11.8. The molecule has 178 valence electrons. The number of nitrogens with one attached hydrogen (secondary N) is 1. The van der Waals surface area contributed by atoms with E-state index in [1.165, 1.54) is 12.4 Å². The molecule has 0 atom stereocenters. The van der Waals surface area contributed by atoms with E-state index in [1.54, 1.807) is 18.2 Å². The maximum absolute atomic E-state index is 14.9. The Morgan fingerprint density at radius 3 is 2.66 bits per heavy atom. The Morgan fingerprint density at radius 2 is 1.89 bits per heavy atom. The first-order valence-electron chi connectivity index (χ1n) is 10.1. The summed E-state index contributed by atoms with van der Waals surface area (Å²) in [5, 5.41) is 0.582. The van der Waals surface area contributed by atoms with E-state index in [2.05, 4.69) is 19.3 Å². The largest absolute Gasteiger partial charge is 0.454 e. The number of benzene rings is 3. The molecule has 0 unspecified atom stereocenters. The molecule has 0 spiro atoms. The van der Waals surface area contributed by atoms with Gasteiger partial charge in [0, 0.05) is 16.7 Å². The van der Waals surface area contributed by atoms with E-state index in [0.717, 1.165) is 28.4 Å². The maximum Gasteiger partial charge on any atom is 0.187 e. The van der Waals surface area contributed by atoms with Crippen LogP contribution in [0, 0.1) is 18.6 Å². The topological polar surface area (TPSA) is 97.8 Å². The molecule has 0 radical (unpaired) electrons. The number of sulfone groups is 1. The van der Waals surface area contributed by atoms with Crippen LogP contribution in [-0.2, 0) is 15.6 Å². The molecule has 0 aliphatic rings. The minimum Gasteiger partial charge on any atom is -0.454 e. The van der Waals surface area contributed by atoms with Crippen LogP contribution in [0.25, 0.3) is 22.2 Å². The number of ether oxygens (including phenoxy) is 1. The number of hydrogen-bond acceptors (Lipinski definition) is 7. The van der Waals surface area contributed by atoms with Crippen LogP contribution in [0.2, 0.25) is 5.02 Å². The summed E-state index contributed by atoms with van der Waals surface area (Å²) in [4.78, 5) is 10.5. The van der Waals surface area contributed by atoms with Gasteiger partial charge in [0.15, 0.2) is 21.4 Å². The molecule has 0 fully saturated rings. The first-order chi connectivity index (χ1) is 16.7. The summed E-state index contributed by atoms with van der Waals surface area (Å²) in [5.74, 6) is -2.30. The highest BCUT2D eigenvalue weighted by Gasteiger charge is 2.25. The number of aromatic amines is 1. The molecular weight excluding hydrogens is 518 g/mol. The zero-order valence-corrected chi connectivity index (χ0v) is 20.3. The molecule has 0 bridgehead atoms. The number of imidazole rings is 1. The van der Waals surface area contributed by atoms with Crippen LogP contribution >= 0.6 is 23.1 Å². The van der Waals surface area contributed by atoms with Crippen LogP contribution in [0.5, 0.6) is 11.5 Å². The number of rotatable bonds is 6. The third-order valence-electron chi connectivity index (χ3n) is 5.11. The van der Waals surface area contributed by atoms with Gasteiger partial charge in [0.05, 0.1) is 11.0 Å². The van der Waals surface area contributed by atoms with Gasteiger partial charge in [-0.2, -0.15) is 4.37 Å². The predicted octanol–water partition coefficient (Wildman–Crippen LogP) is 6.09. The molecule has 35 heavy (non-hydrogen) atoms. The van der Waals surface area contributed by atoms with E-state index in [-0.39, 0.29) is 10.8 Å². The van der Waals surface area contributed by atoms with Crippen molar-refractivity contribution in [1.29, 1.82) is 0 Å². The third-order valence-corrected chi connectivity index (χ3v) is 7.83. The highest BCUT2D eigenvalue weighted by atomic mass is 35.5. The Kier molecular flexibility index (Phi) is 5.99. The molecule has 3 aromatic carbocycles. The fourth-order valence-corrected chi connectivity index (χ4v) is 5.92. The van der Waals surface area contributed by atoms with Gasteiger partial charge in [-0.3, -0.25) is 0 Å². The van der Waals surface area contributed by atoms with Gasteiger partial charge in [-0.25, -0.2) is 27.2 Å². The first kappa shape index (κ1) is 23.3. The molecule has 12 heteroatoms. The van der Waals surface area contributed by atoms with E-state index < -0.39 is 37.9 Å². The number of aryl methyl sites for hydroxylation is 1. The molecule has 2 heterocycles. The van der Waals surface area contributed by atoms with Crippen LogP contribution in [0.15, 0.2) is 59.8 Å². The van der Waals surface area contributed by atoms with Crippen LogP contribution in [0.3, 0.4) is 0 Å². The Labute approximate surface area is 207 Å². The van der Waals surface area contributed by atoms with Crippen LogP contribution < -0.4 is 4.74 Å². The highest BCUT2D eigenvalue weighted by molar-refractivity contribution is 7.90. The van der Waals surface area contributed by atoms with Crippen molar-refractivity contribution < 1.29 is 21.9 Å². The standard InChI is InChI=1S/C23H15ClF2N4O3S2/c1-12-29-18-4-2-13(6-19(18)30-12)15-7-14(24)3-5-20(15)33-21-8-17(26)22(9-16(21)25)35(31,32)10-23-27-11-28-34-23/h2-9,11H,10H2,1H3,(H,29,30). The quantitative estimate of drug-likeness (QED) is 0.284. The second kappa shape index (κ2) is 8.99. The Bertz CT molecular complexity index is 1670. The number of H-pyrrole nitrogens is 1. The maximum atomic E-state index is 14.9. The molecule has 5 aromatic rings. The van der Waals surface area contributed by atoms with Gasteiger partial charge in [-0.1, -0.05) is 17.7 Å². The lowest BCUT2D eigenvalue weighted by Gasteiger charge is -2.14. The van der Waals surface area contributed by atoms with E-state index >= 15 is 0 Å². The summed E-state index contributed by atoms with van der Waals surface area (Å²) >= 11 is 7.06. The number of nitrogens with zero attached hydrogens (tertiary/aromatic N) is 3. The highest BCUT2D eigenvalue weighted by Crippen LogP contribution is 2.38. The van der Waals surface area contributed by atoms with Gasteiger partial charge < -0.3 is 9.72 Å². The SMILES string of the molecule is Cc1nc2ccc(-c3cc(Cl)ccc3Oc3cc(F)c(S(=O)(=O)Cc4ncns4)cc3F)cc2[nH]1. The predicted molar refractivity (Wildman–Crippen MR) is 129 cm³/mol. The third kappa shape index (κ3) is 4.75. The van der Waals surface area contributed by atoms with Crippen molar-refractivity contribution in [3.63, 3.8) is 0 Å². The minimum atomic E-state index is -4.19. The minimum absolute atomic E-state index is 0.167. The summed E-state index contributed by atoms with van der Waals surface area (Å²) < 4.78 is 64.4. The average Bonchev–Trinajstić information content (AvgIpc) is 3.44. The molecule has 0 aliphatic carbocycles. The van der Waals surface area contributed by atoms with Gasteiger partial charge in [-0.05, 0) is 60.4 Å². The molecule has 0 amide bonds. The molecule has 0 aliphatic heterocycles. The zero-order chi connectivity index (χ0) is 24.7. The van der Waals surface area contributed by atoms with Gasteiger partial charge in [-0.15, -0.1) is 0 Å². The number of fused-ring (bicyclic) bond motifs is 1. The molecule has 7 nitrogen and oxygen atoms in total. The first-order valence-corrected chi connectivity index (χ1v) is 12.9. The summed E-state index contributed by atoms with van der Waals surface area (Å²) in [6.07, 6.45) is 1.19. The van der Waals surface area contributed by atoms with Crippen LogP contribution in [-0.4, -0.2) is 27.7 Å². The summed E-state index contributed by atoms with van der Waals surface area (Å²) in [7, 11) is -4.19. The van der Waals surface area contributed by atoms with Crippen molar-refractivity contribution in [2.45, 2.75) is 17.6 Å². The monoisotopic (exact) mass is 532 g/mol. The molecule has 5 rings (SSSR count). The fourth-order valence-electron chi connectivity index (χ4n) is 3.57. The van der Waals surface area contributed by atoms with Crippen molar-refractivity contribution >= 4 is 44.0 Å². The van der Waals surface area contributed by atoms with Crippen molar-refractivity contribution in [3.8, 4) is 22.6 Å². The van der Waals surface area contributed by atoms with Crippen molar-refractivity contribution in [2.75, 3.05) is 0 Å². The Hall–Kier alpha value is -3.41. The average molecular weight is 533 g/mol. The molecular formula is C23H15ClF2N4O3S2. The Balaban J connectivity index is 1.51. The molecule has 1 N–H and O–H groups in total. The Morgan fingerprint density at radius 1 is 1.06 bits per heavy atom. The zero-order valence-electron chi connectivity index (χ0n) is 17.9. The fraction of sp³-hybridized carbons (Fsp3) is 0.0870. The van der Waals surface area contributed by atoms with Crippen LogP contribution in [0.1, 0.15) is 10.8 Å². The van der Waals surface area contributed by atoms with E-state index in [0.29, 0.717) is 28.3 Å². The summed E-state index contributed by atoms with van der Waals surface area (Å²) in [6, 6.07) is 11.5. The summed E-state index contributed by atoms with van der Waals surface area (Å²) in [6.45, 7) is 1.84. The van der Waals surface area contributed by atoms with E-state index in [4.69, 9.17) is 16.3 Å². The van der Waals surface area contributed by atoms with E-state index in [1.807, 2.05) is 19.1 Å². The number of aromatic nitrogens is 4. The van der Waals surface area contributed by atoms with Crippen molar-refractivity contribution in [3.05, 3.63) is 82.3 Å². The molecule has 2 aromatic heterocycles. The lowest BCUT2D eigenvalue weighted by Crippen LogP contribution is -2.08. The van der Waals surface area contributed by atoms with Crippen molar-refractivity contribution in [1.82, 2.24) is 19.3 Å². The van der Waals surface area contributed by atoms with Gasteiger partial charge in [0.2, 0.25) is 0 Å². The molecule has 0 saturated carbocycles. The van der Waals surface area contributed by atoms with Crippen molar-refractivity contribution in [2.24, 2.45) is 0 Å². The second-order valence-electron chi connectivity index (χ2n) is 7.60.